The first-order valence-corrected chi connectivity index (χ1v) is 8.04. The Hall–Kier alpha value is -1.41. The number of aliphatic carboxylic acids is 1. The lowest BCUT2D eigenvalue weighted by Gasteiger charge is -2.36. The third-order valence-corrected chi connectivity index (χ3v) is 5.11. The van der Waals surface area contributed by atoms with E-state index in [4.69, 9.17) is 5.11 Å². The molecule has 1 aliphatic heterocycles. The molecule has 0 atom stereocenters. The maximum atomic E-state index is 12.3. The molecule has 2 heterocycles. The van der Waals surface area contributed by atoms with Gasteiger partial charge in [0.25, 0.3) is 10.0 Å². The van der Waals surface area contributed by atoms with Crippen LogP contribution in [0.15, 0.2) is 11.2 Å². The van der Waals surface area contributed by atoms with Crippen LogP contribution < -0.4 is 0 Å². The SMILES string of the molecule is CCCn1cc(S(=O)(=O)N2CC(CC(=O)O)C2)nc1C. The summed E-state index contributed by atoms with van der Waals surface area (Å²) in [4.78, 5) is 14.7. The van der Waals surface area contributed by atoms with Crippen LogP contribution >= 0.6 is 0 Å². The van der Waals surface area contributed by atoms with E-state index in [2.05, 4.69) is 4.98 Å². The predicted octanol–water partition coefficient (Wildman–Crippen LogP) is 0.697. The van der Waals surface area contributed by atoms with Crippen molar-refractivity contribution in [3.8, 4) is 0 Å². The Bertz CT molecular complexity index is 602. The molecule has 1 N–H and O–H groups in total. The van der Waals surface area contributed by atoms with Crippen LogP contribution in [0.1, 0.15) is 25.6 Å². The van der Waals surface area contributed by atoms with Gasteiger partial charge < -0.3 is 9.67 Å². The number of carboxylic acid groups (broad SMARTS) is 1. The molecule has 0 radical (unpaired) electrons. The fourth-order valence-electron chi connectivity index (χ4n) is 2.30. The zero-order valence-corrected chi connectivity index (χ0v) is 12.4. The van der Waals surface area contributed by atoms with Gasteiger partial charge in [0.2, 0.25) is 0 Å². The van der Waals surface area contributed by atoms with Gasteiger partial charge in [-0.3, -0.25) is 4.79 Å². The van der Waals surface area contributed by atoms with Crippen molar-refractivity contribution >= 4 is 16.0 Å². The van der Waals surface area contributed by atoms with Gasteiger partial charge in [0, 0.05) is 25.8 Å². The third-order valence-electron chi connectivity index (χ3n) is 3.41. The minimum Gasteiger partial charge on any atom is -0.481 e. The molecule has 0 saturated carbocycles. The molecule has 0 bridgehead atoms. The number of imidazole rings is 1. The Labute approximate surface area is 118 Å². The van der Waals surface area contributed by atoms with Crippen molar-refractivity contribution < 1.29 is 18.3 Å². The van der Waals surface area contributed by atoms with Crippen molar-refractivity contribution in [1.82, 2.24) is 13.9 Å². The van der Waals surface area contributed by atoms with E-state index in [1.807, 2.05) is 11.5 Å². The second-order valence-electron chi connectivity index (χ2n) is 5.11. The molecule has 0 unspecified atom stereocenters. The molecule has 0 aliphatic carbocycles. The lowest BCUT2D eigenvalue weighted by atomic mass is 10.00. The van der Waals surface area contributed by atoms with Gasteiger partial charge >= 0.3 is 5.97 Å². The first-order chi connectivity index (χ1) is 9.34. The number of hydrogen-bond donors (Lipinski definition) is 1. The quantitative estimate of drug-likeness (QED) is 0.835. The summed E-state index contributed by atoms with van der Waals surface area (Å²) in [5.74, 6) is -0.316. The lowest BCUT2D eigenvalue weighted by Crippen LogP contribution is -2.50. The van der Waals surface area contributed by atoms with Gasteiger partial charge in [0.15, 0.2) is 5.03 Å². The molecule has 1 saturated heterocycles. The average molecular weight is 301 g/mol. The minimum absolute atomic E-state index is 0.00925. The summed E-state index contributed by atoms with van der Waals surface area (Å²) in [6.07, 6.45) is 2.47. The number of carboxylic acids is 1. The fraction of sp³-hybridized carbons (Fsp3) is 0.667. The van der Waals surface area contributed by atoms with E-state index in [1.165, 1.54) is 4.31 Å². The molecule has 7 nitrogen and oxygen atoms in total. The van der Waals surface area contributed by atoms with E-state index in [9.17, 15) is 13.2 Å². The number of sulfonamides is 1. The molecule has 1 aromatic heterocycles. The van der Waals surface area contributed by atoms with E-state index < -0.39 is 16.0 Å². The van der Waals surface area contributed by atoms with Gasteiger partial charge in [-0.1, -0.05) is 6.92 Å². The number of carbonyl (C=O) groups is 1. The van der Waals surface area contributed by atoms with Crippen molar-refractivity contribution in [3.63, 3.8) is 0 Å². The number of nitrogens with zero attached hydrogens (tertiary/aromatic N) is 3. The summed E-state index contributed by atoms with van der Waals surface area (Å²) in [5.41, 5.74) is 0. The van der Waals surface area contributed by atoms with Crippen LogP contribution in [0.4, 0.5) is 0 Å². The van der Waals surface area contributed by atoms with Crippen LogP contribution in [0.25, 0.3) is 0 Å². The van der Waals surface area contributed by atoms with Crippen LogP contribution in [0, 0.1) is 12.8 Å². The molecule has 1 aromatic rings. The number of aromatic nitrogens is 2. The maximum absolute atomic E-state index is 12.3. The molecule has 0 aromatic carbocycles. The van der Waals surface area contributed by atoms with Gasteiger partial charge in [0.05, 0.1) is 6.42 Å². The van der Waals surface area contributed by atoms with Crippen molar-refractivity contribution in [2.75, 3.05) is 13.1 Å². The molecule has 1 aliphatic rings. The summed E-state index contributed by atoms with van der Waals surface area (Å²) in [7, 11) is -3.58. The first-order valence-electron chi connectivity index (χ1n) is 6.60. The van der Waals surface area contributed by atoms with E-state index in [1.54, 1.807) is 13.1 Å². The highest BCUT2D eigenvalue weighted by molar-refractivity contribution is 7.89. The highest BCUT2D eigenvalue weighted by Crippen LogP contribution is 2.26. The highest BCUT2D eigenvalue weighted by atomic mass is 32.2. The van der Waals surface area contributed by atoms with Crippen molar-refractivity contribution in [2.24, 2.45) is 5.92 Å². The largest absolute Gasteiger partial charge is 0.481 e. The fourth-order valence-corrected chi connectivity index (χ4v) is 3.88. The Morgan fingerprint density at radius 1 is 1.50 bits per heavy atom. The van der Waals surface area contributed by atoms with E-state index in [-0.39, 0.29) is 30.5 Å². The van der Waals surface area contributed by atoms with E-state index in [0.717, 1.165) is 13.0 Å². The number of aryl methyl sites for hydroxylation is 2. The Morgan fingerprint density at radius 2 is 2.15 bits per heavy atom. The number of hydrogen-bond acceptors (Lipinski definition) is 4. The zero-order chi connectivity index (χ0) is 14.9. The smallest absolute Gasteiger partial charge is 0.303 e. The van der Waals surface area contributed by atoms with Crippen molar-refractivity contribution in [1.29, 1.82) is 0 Å². The van der Waals surface area contributed by atoms with Crippen LogP contribution in [-0.2, 0) is 21.4 Å². The normalized spacial score (nSPS) is 17.1. The minimum atomic E-state index is -3.58. The van der Waals surface area contributed by atoms with Gasteiger partial charge in [-0.15, -0.1) is 0 Å². The standard InChI is InChI=1S/C12H19N3O4S/c1-3-4-14-8-11(13-9(14)2)20(18,19)15-6-10(7-15)5-12(16)17/h8,10H,3-7H2,1-2H3,(H,16,17). The zero-order valence-electron chi connectivity index (χ0n) is 11.6. The van der Waals surface area contributed by atoms with Crippen molar-refractivity contribution in [3.05, 3.63) is 12.0 Å². The highest BCUT2D eigenvalue weighted by Gasteiger charge is 2.38. The van der Waals surface area contributed by atoms with Gasteiger partial charge in [-0.2, -0.15) is 4.31 Å². The molecule has 8 heteroatoms. The molecule has 1 fully saturated rings. The third kappa shape index (κ3) is 2.85. The molecular weight excluding hydrogens is 282 g/mol. The van der Waals surface area contributed by atoms with Crippen LogP contribution in [0.5, 0.6) is 0 Å². The molecule has 2 rings (SSSR count). The molecule has 112 valence electrons. The summed E-state index contributed by atoms with van der Waals surface area (Å²) < 4.78 is 27.7. The summed E-state index contributed by atoms with van der Waals surface area (Å²) in [6, 6.07) is 0. The van der Waals surface area contributed by atoms with Crippen LogP contribution in [0.3, 0.4) is 0 Å². The predicted molar refractivity (Wildman–Crippen MR) is 71.8 cm³/mol. The van der Waals surface area contributed by atoms with Crippen LogP contribution in [-0.4, -0.2) is 46.4 Å². The molecule has 20 heavy (non-hydrogen) atoms. The number of rotatable bonds is 6. The second kappa shape index (κ2) is 5.53. The lowest BCUT2D eigenvalue weighted by molar-refractivity contribution is -0.139. The van der Waals surface area contributed by atoms with Crippen LogP contribution in [0.2, 0.25) is 0 Å². The summed E-state index contributed by atoms with van der Waals surface area (Å²) in [5, 5.41) is 8.72. The van der Waals surface area contributed by atoms with Gasteiger partial charge in [-0.05, 0) is 19.3 Å². The Kier molecular flexibility index (Phi) is 4.14. The van der Waals surface area contributed by atoms with E-state index in [0.29, 0.717) is 5.82 Å². The summed E-state index contributed by atoms with van der Waals surface area (Å²) >= 11 is 0. The maximum Gasteiger partial charge on any atom is 0.303 e. The molecule has 0 amide bonds. The first kappa shape index (κ1) is 15.0. The van der Waals surface area contributed by atoms with Gasteiger partial charge in [-0.25, -0.2) is 13.4 Å². The van der Waals surface area contributed by atoms with Crippen molar-refractivity contribution in [2.45, 2.75) is 38.3 Å². The van der Waals surface area contributed by atoms with E-state index >= 15 is 0 Å². The Morgan fingerprint density at radius 3 is 2.70 bits per heavy atom. The Balaban J connectivity index is 2.08. The molecule has 0 spiro atoms. The average Bonchev–Trinajstić information content (AvgIpc) is 2.66. The van der Waals surface area contributed by atoms with Gasteiger partial charge in [0.1, 0.15) is 5.82 Å². The summed E-state index contributed by atoms with van der Waals surface area (Å²) in [6.45, 7) is 5.04. The molecular formula is C12H19N3O4S. The second-order valence-corrected chi connectivity index (χ2v) is 6.99. The topological polar surface area (TPSA) is 92.5 Å². The monoisotopic (exact) mass is 301 g/mol.